The lowest BCUT2D eigenvalue weighted by atomic mass is 9.63. The summed E-state index contributed by atoms with van der Waals surface area (Å²) in [4.78, 5) is 17.4. The Bertz CT molecular complexity index is 632. The SMILES string of the molecule is CCC(=O)OC1(c2ccccc2)CC(C)N(C)CC1(C)CN1CCOCC1. The number of likely N-dealkylation sites (tertiary alicyclic amines) is 1. The van der Waals surface area contributed by atoms with Crippen LogP contribution in [0.5, 0.6) is 0 Å². The van der Waals surface area contributed by atoms with E-state index in [1.807, 2.05) is 13.0 Å². The van der Waals surface area contributed by atoms with Crippen molar-refractivity contribution in [2.75, 3.05) is 46.4 Å². The summed E-state index contributed by atoms with van der Waals surface area (Å²) in [7, 11) is 2.18. The number of hydrogen-bond acceptors (Lipinski definition) is 5. The second-order valence-electron chi connectivity index (χ2n) is 8.44. The van der Waals surface area contributed by atoms with Gasteiger partial charge in [-0.2, -0.15) is 0 Å². The van der Waals surface area contributed by atoms with E-state index in [-0.39, 0.29) is 11.4 Å². The summed E-state index contributed by atoms with van der Waals surface area (Å²) in [6, 6.07) is 10.7. The summed E-state index contributed by atoms with van der Waals surface area (Å²) in [5.74, 6) is -0.121. The van der Waals surface area contributed by atoms with Crippen LogP contribution in [0.25, 0.3) is 0 Å². The molecule has 5 heteroatoms. The molecule has 3 rings (SSSR count). The van der Waals surface area contributed by atoms with Crippen molar-refractivity contribution in [1.29, 1.82) is 0 Å². The van der Waals surface area contributed by atoms with Crippen LogP contribution >= 0.6 is 0 Å². The molecule has 0 aromatic heterocycles. The smallest absolute Gasteiger partial charge is 0.306 e. The molecule has 3 unspecified atom stereocenters. The van der Waals surface area contributed by atoms with Gasteiger partial charge in [-0.05, 0) is 19.5 Å². The average molecular weight is 375 g/mol. The number of nitrogens with zero attached hydrogens (tertiary/aromatic N) is 2. The van der Waals surface area contributed by atoms with Crippen LogP contribution in [-0.4, -0.2) is 68.3 Å². The number of carbonyl (C=O) groups is 1. The third-order valence-corrected chi connectivity index (χ3v) is 6.40. The molecule has 5 nitrogen and oxygen atoms in total. The highest BCUT2D eigenvalue weighted by Crippen LogP contribution is 2.51. The van der Waals surface area contributed by atoms with Crippen LogP contribution in [-0.2, 0) is 19.9 Å². The molecule has 0 N–H and O–H groups in total. The Balaban J connectivity index is 2.04. The molecule has 0 spiro atoms. The molecule has 2 aliphatic heterocycles. The number of hydrogen-bond donors (Lipinski definition) is 0. The van der Waals surface area contributed by atoms with Gasteiger partial charge in [-0.3, -0.25) is 9.69 Å². The molecule has 0 aliphatic carbocycles. The number of piperidine rings is 1. The number of carbonyl (C=O) groups excluding carboxylic acids is 1. The van der Waals surface area contributed by atoms with Crippen molar-refractivity contribution in [3.8, 4) is 0 Å². The van der Waals surface area contributed by atoms with Gasteiger partial charge in [0, 0.05) is 50.5 Å². The maximum atomic E-state index is 12.6. The zero-order chi connectivity index (χ0) is 19.5. The second-order valence-corrected chi connectivity index (χ2v) is 8.44. The summed E-state index contributed by atoms with van der Waals surface area (Å²) in [5, 5.41) is 0. The quantitative estimate of drug-likeness (QED) is 0.742. The Morgan fingerprint density at radius 1 is 1.26 bits per heavy atom. The van der Waals surface area contributed by atoms with Crippen LogP contribution in [0.1, 0.15) is 39.2 Å². The predicted octanol–water partition coefficient (Wildman–Crippen LogP) is 2.90. The van der Waals surface area contributed by atoms with Crippen molar-refractivity contribution >= 4 is 5.97 Å². The first-order valence-electron chi connectivity index (χ1n) is 10.2. The van der Waals surface area contributed by atoms with Crippen LogP contribution in [0.15, 0.2) is 30.3 Å². The molecule has 0 radical (unpaired) electrons. The van der Waals surface area contributed by atoms with E-state index in [9.17, 15) is 4.79 Å². The van der Waals surface area contributed by atoms with Gasteiger partial charge in [-0.25, -0.2) is 0 Å². The molecule has 0 bridgehead atoms. The van der Waals surface area contributed by atoms with E-state index in [0.29, 0.717) is 12.5 Å². The van der Waals surface area contributed by atoms with Gasteiger partial charge in [0.2, 0.25) is 0 Å². The number of ether oxygens (including phenoxy) is 2. The molecule has 27 heavy (non-hydrogen) atoms. The average Bonchev–Trinajstić information content (AvgIpc) is 2.67. The Morgan fingerprint density at radius 2 is 1.93 bits per heavy atom. The lowest BCUT2D eigenvalue weighted by molar-refractivity contribution is -0.203. The summed E-state index contributed by atoms with van der Waals surface area (Å²) in [6.07, 6.45) is 1.20. The van der Waals surface area contributed by atoms with E-state index < -0.39 is 5.60 Å². The second kappa shape index (κ2) is 8.29. The third kappa shape index (κ3) is 4.05. The van der Waals surface area contributed by atoms with Gasteiger partial charge in [0.05, 0.1) is 13.2 Å². The first-order chi connectivity index (χ1) is 12.9. The van der Waals surface area contributed by atoms with Crippen molar-refractivity contribution in [2.24, 2.45) is 5.41 Å². The van der Waals surface area contributed by atoms with Crippen LogP contribution in [0.4, 0.5) is 0 Å². The highest BCUT2D eigenvalue weighted by Gasteiger charge is 2.57. The van der Waals surface area contributed by atoms with Gasteiger partial charge in [-0.15, -0.1) is 0 Å². The van der Waals surface area contributed by atoms with Crippen LogP contribution in [0, 0.1) is 5.41 Å². The minimum absolute atomic E-state index is 0.121. The molecule has 0 amide bonds. The van der Waals surface area contributed by atoms with E-state index in [1.165, 1.54) is 0 Å². The van der Waals surface area contributed by atoms with E-state index in [4.69, 9.17) is 9.47 Å². The zero-order valence-electron chi connectivity index (χ0n) is 17.2. The van der Waals surface area contributed by atoms with Crippen molar-refractivity contribution in [3.05, 3.63) is 35.9 Å². The maximum Gasteiger partial charge on any atom is 0.306 e. The predicted molar refractivity (Wildman–Crippen MR) is 107 cm³/mol. The van der Waals surface area contributed by atoms with Gasteiger partial charge < -0.3 is 14.4 Å². The maximum absolute atomic E-state index is 12.6. The summed E-state index contributed by atoms with van der Waals surface area (Å²) < 4.78 is 11.9. The van der Waals surface area contributed by atoms with Gasteiger partial charge in [0.25, 0.3) is 0 Å². The molecule has 1 aromatic rings. The van der Waals surface area contributed by atoms with E-state index >= 15 is 0 Å². The molecule has 2 saturated heterocycles. The third-order valence-electron chi connectivity index (χ3n) is 6.40. The van der Waals surface area contributed by atoms with Crippen molar-refractivity contribution in [2.45, 2.75) is 45.3 Å². The fourth-order valence-corrected chi connectivity index (χ4v) is 4.75. The molecule has 150 valence electrons. The topological polar surface area (TPSA) is 42.0 Å². The number of benzene rings is 1. The molecule has 2 heterocycles. The molecule has 3 atom stereocenters. The van der Waals surface area contributed by atoms with E-state index in [2.05, 4.69) is 55.0 Å². The normalized spacial score (nSPS) is 33.0. The lowest BCUT2D eigenvalue weighted by Gasteiger charge is -2.57. The van der Waals surface area contributed by atoms with E-state index in [0.717, 1.165) is 51.4 Å². The molecule has 2 aliphatic rings. The number of morpholine rings is 1. The zero-order valence-corrected chi connectivity index (χ0v) is 17.2. The van der Waals surface area contributed by atoms with Gasteiger partial charge >= 0.3 is 5.97 Å². The lowest BCUT2D eigenvalue weighted by Crippen LogP contribution is -2.64. The molecule has 2 fully saturated rings. The van der Waals surface area contributed by atoms with Crippen molar-refractivity contribution in [1.82, 2.24) is 9.80 Å². The fourth-order valence-electron chi connectivity index (χ4n) is 4.75. The molecular formula is C22H34N2O3. The van der Waals surface area contributed by atoms with Gasteiger partial charge in [0.1, 0.15) is 5.60 Å². The minimum atomic E-state index is -0.619. The molecule has 0 saturated carbocycles. The first kappa shape index (κ1) is 20.3. The Kier molecular flexibility index (Phi) is 6.24. The Morgan fingerprint density at radius 3 is 2.56 bits per heavy atom. The minimum Gasteiger partial charge on any atom is -0.453 e. The first-order valence-corrected chi connectivity index (χ1v) is 10.2. The van der Waals surface area contributed by atoms with Crippen molar-refractivity contribution in [3.63, 3.8) is 0 Å². The Hall–Kier alpha value is -1.43. The largest absolute Gasteiger partial charge is 0.453 e. The summed E-state index contributed by atoms with van der Waals surface area (Å²) >= 11 is 0. The number of esters is 1. The highest BCUT2D eigenvalue weighted by molar-refractivity contribution is 5.70. The number of rotatable bonds is 5. The highest BCUT2D eigenvalue weighted by atomic mass is 16.6. The summed E-state index contributed by atoms with van der Waals surface area (Å²) in [6.45, 7) is 11.6. The molecule has 1 aromatic carbocycles. The van der Waals surface area contributed by atoms with Gasteiger partial charge in [0.15, 0.2) is 0 Å². The summed E-state index contributed by atoms with van der Waals surface area (Å²) in [5.41, 5.74) is 0.283. The van der Waals surface area contributed by atoms with Crippen LogP contribution in [0.3, 0.4) is 0 Å². The van der Waals surface area contributed by atoms with Crippen molar-refractivity contribution < 1.29 is 14.3 Å². The molecular weight excluding hydrogens is 340 g/mol. The van der Waals surface area contributed by atoms with Crippen LogP contribution in [0.2, 0.25) is 0 Å². The van der Waals surface area contributed by atoms with Gasteiger partial charge in [-0.1, -0.05) is 44.2 Å². The fraction of sp³-hybridized carbons (Fsp3) is 0.682. The monoisotopic (exact) mass is 374 g/mol. The standard InChI is InChI=1S/C22H34N2O3/c1-5-20(25)27-22(19-9-7-6-8-10-19)15-18(2)23(4)16-21(22,3)17-24-11-13-26-14-12-24/h6-10,18H,5,11-17H2,1-4H3. The van der Waals surface area contributed by atoms with Crippen LogP contribution < -0.4 is 0 Å². The van der Waals surface area contributed by atoms with E-state index in [1.54, 1.807) is 0 Å². The Labute approximate surface area is 163 Å².